The van der Waals surface area contributed by atoms with E-state index in [0.717, 1.165) is 27.7 Å². The largest absolute Gasteiger partial charge is 0.306 e. The van der Waals surface area contributed by atoms with E-state index in [4.69, 9.17) is 23.2 Å². The van der Waals surface area contributed by atoms with Gasteiger partial charge in [-0.05, 0) is 47.9 Å². The molecule has 0 aliphatic carbocycles. The summed E-state index contributed by atoms with van der Waals surface area (Å²) >= 11 is 12.4. The molecule has 24 heavy (non-hydrogen) atoms. The van der Waals surface area contributed by atoms with Crippen LogP contribution in [0.4, 0.5) is 0 Å². The number of benzene rings is 3. The lowest BCUT2D eigenvalue weighted by Crippen LogP contribution is -2.18. The number of halogens is 2. The van der Waals surface area contributed by atoms with Gasteiger partial charge in [-0.25, -0.2) is 0 Å². The molecule has 0 fully saturated rings. The Hall–Kier alpha value is -1.80. The van der Waals surface area contributed by atoms with Crippen molar-refractivity contribution in [3.05, 3.63) is 94.0 Å². The monoisotopic (exact) mass is 355 g/mol. The van der Waals surface area contributed by atoms with Crippen molar-refractivity contribution in [2.75, 3.05) is 0 Å². The van der Waals surface area contributed by atoms with E-state index in [1.807, 2.05) is 42.5 Å². The van der Waals surface area contributed by atoms with Crippen LogP contribution in [0.15, 0.2) is 72.8 Å². The average Bonchev–Trinajstić information content (AvgIpc) is 2.61. The standard InChI is InChI=1S/C21H19Cl2N/c1-15(18-8-5-9-19(22)13-18)24-14-16-10-11-21(23)20(12-16)17-6-3-2-4-7-17/h2-13,15,24H,14H2,1H3/t15-/m1/s1. The summed E-state index contributed by atoms with van der Waals surface area (Å²) in [6, 6.07) is 24.6. The van der Waals surface area contributed by atoms with Crippen molar-refractivity contribution in [1.29, 1.82) is 0 Å². The van der Waals surface area contributed by atoms with Crippen LogP contribution in [0, 0.1) is 0 Å². The fourth-order valence-corrected chi connectivity index (χ4v) is 3.11. The Labute approximate surface area is 153 Å². The molecule has 1 atom stereocenters. The van der Waals surface area contributed by atoms with E-state index in [2.05, 4.69) is 42.6 Å². The summed E-state index contributed by atoms with van der Waals surface area (Å²) < 4.78 is 0. The van der Waals surface area contributed by atoms with E-state index >= 15 is 0 Å². The molecule has 0 aliphatic rings. The first-order valence-corrected chi connectivity index (χ1v) is 8.72. The Balaban J connectivity index is 1.74. The zero-order valence-electron chi connectivity index (χ0n) is 13.5. The molecule has 1 nitrogen and oxygen atoms in total. The first kappa shape index (κ1) is 17.0. The summed E-state index contributed by atoms with van der Waals surface area (Å²) in [4.78, 5) is 0. The molecule has 0 bridgehead atoms. The summed E-state index contributed by atoms with van der Waals surface area (Å²) in [5.74, 6) is 0. The highest BCUT2D eigenvalue weighted by Crippen LogP contribution is 2.29. The summed E-state index contributed by atoms with van der Waals surface area (Å²) in [5.41, 5.74) is 4.58. The Kier molecular flexibility index (Phi) is 5.57. The molecule has 0 saturated heterocycles. The molecule has 3 rings (SSSR count). The Morgan fingerprint density at radius 3 is 2.42 bits per heavy atom. The number of nitrogens with one attached hydrogen (secondary N) is 1. The summed E-state index contributed by atoms with van der Waals surface area (Å²) in [5, 5.41) is 5.07. The third-order valence-electron chi connectivity index (χ3n) is 4.08. The molecule has 122 valence electrons. The molecule has 0 heterocycles. The molecular formula is C21H19Cl2N. The van der Waals surface area contributed by atoms with E-state index < -0.39 is 0 Å². The van der Waals surface area contributed by atoms with Gasteiger partial charge < -0.3 is 5.32 Å². The van der Waals surface area contributed by atoms with Crippen molar-refractivity contribution in [3.63, 3.8) is 0 Å². The maximum Gasteiger partial charge on any atom is 0.0484 e. The SMILES string of the molecule is C[C@@H](NCc1ccc(Cl)c(-c2ccccc2)c1)c1cccc(Cl)c1. The smallest absolute Gasteiger partial charge is 0.0484 e. The van der Waals surface area contributed by atoms with Crippen LogP contribution in [0.3, 0.4) is 0 Å². The molecule has 3 heteroatoms. The molecule has 3 aromatic rings. The average molecular weight is 356 g/mol. The molecular weight excluding hydrogens is 337 g/mol. The van der Waals surface area contributed by atoms with Crippen molar-refractivity contribution < 1.29 is 0 Å². The maximum absolute atomic E-state index is 6.37. The highest BCUT2D eigenvalue weighted by atomic mass is 35.5. The zero-order valence-corrected chi connectivity index (χ0v) is 15.0. The number of rotatable bonds is 5. The highest BCUT2D eigenvalue weighted by Gasteiger charge is 2.08. The fraction of sp³-hybridized carbons (Fsp3) is 0.143. The quantitative estimate of drug-likeness (QED) is 0.549. The van der Waals surface area contributed by atoms with E-state index in [9.17, 15) is 0 Å². The van der Waals surface area contributed by atoms with Crippen LogP contribution in [0.1, 0.15) is 24.1 Å². The minimum Gasteiger partial charge on any atom is -0.306 e. The minimum atomic E-state index is 0.222. The predicted octanol–water partition coefficient (Wildman–Crippen LogP) is 6.51. The summed E-state index contributed by atoms with van der Waals surface area (Å²) in [6.07, 6.45) is 0. The van der Waals surface area contributed by atoms with Crippen LogP contribution in [-0.2, 0) is 6.54 Å². The Morgan fingerprint density at radius 2 is 1.67 bits per heavy atom. The van der Waals surface area contributed by atoms with Crippen LogP contribution in [0.5, 0.6) is 0 Å². The van der Waals surface area contributed by atoms with Gasteiger partial charge in [-0.1, -0.05) is 71.7 Å². The maximum atomic E-state index is 6.37. The van der Waals surface area contributed by atoms with Gasteiger partial charge in [0.15, 0.2) is 0 Å². The second-order valence-electron chi connectivity index (χ2n) is 5.84. The van der Waals surface area contributed by atoms with Gasteiger partial charge in [-0.2, -0.15) is 0 Å². The van der Waals surface area contributed by atoms with Crippen molar-refractivity contribution in [3.8, 4) is 11.1 Å². The van der Waals surface area contributed by atoms with Gasteiger partial charge in [0, 0.05) is 28.2 Å². The van der Waals surface area contributed by atoms with Gasteiger partial charge >= 0.3 is 0 Å². The molecule has 1 N–H and O–H groups in total. The predicted molar refractivity (Wildman–Crippen MR) is 104 cm³/mol. The van der Waals surface area contributed by atoms with Crippen LogP contribution in [0.25, 0.3) is 11.1 Å². The van der Waals surface area contributed by atoms with Gasteiger partial charge in [-0.15, -0.1) is 0 Å². The Bertz CT molecular complexity index is 815. The third-order valence-corrected chi connectivity index (χ3v) is 4.64. The Morgan fingerprint density at radius 1 is 0.875 bits per heavy atom. The fourth-order valence-electron chi connectivity index (χ4n) is 2.69. The number of hydrogen-bond acceptors (Lipinski definition) is 1. The molecule has 0 unspecified atom stereocenters. The van der Waals surface area contributed by atoms with Gasteiger partial charge in [0.25, 0.3) is 0 Å². The molecule has 0 saturated carbocycles. The minimum absolute atomic E-state index is 0.222. The van der Waals surface area contributed by atoms with Gasteiger partial charge in [0.2, 0.25) is 0 Å². The lowest BCUT2D eigenvalue weighted by Gasteiger charge is -2.15. The first-order valence-electron chi connectivity index (χ1n) is 7.96. The van der Waals surface area contributed by atoms with Crippen LogP contribution in [-0.4, -0.2) is 0 Å². The summed E-state index contributed by atoms with van der Waals surface area (Å²) in [6.45, 7) is 2.91. The van der Waals surface area contributed by atoms with Crippen molar-refractivity contribution in [2.45, 2.75) is 19.5 Å². The van der Waals surface area contributed by atoms with Gasteiger partial charge in [-0.3, -0.25) is 0 Å². The number of hydrogen-bond donors (Lipinski definition) is 1. The molecule has 0 aromatic heterocycles. The molecule has 0 spiro atoms. The van der Waals surface area contributed by atoms with Crippen LogP contribution < -0.4 is 5.32 Å². The van der Waals surface area contributed by atoms with Crippen molar-refractivity contribution >= 4 is 23.2 Å². The van der Waals surface area contributed by atoms with Crippen LogP contribution in [0.2, 0.25) is 10.0 Å². The van der Waals surface area contributed by atoms with Crippen molar-refractivity contribution in [1.82, 2.24) is 5.32 Å². The molecule has 0 aliphatic heterocycles. The molecule has 0 amide bonds. The third kappa shape index (κ3) is 4.18. The van der Waals surface area contributed by atoms with Crippen molar-refractivity contribution in [2.24, 2.45) is 0 Å². The zero-order chi connectivity index (χ0) is 16.9. The van der Waals surface area contributed by atoms with Gasteiger partial charge in [0.05, 0.1) is 0 Å². The molecule has 3 aromatic carbocycles. The highest BCUT2D eigenvalue weighted by molar-refractivity contribution is 6.33. The topological polar surface area (TPSA) is 12.0 Å². The lowest BCUT2D eigenvalue weighted by molar-refractivity contribution is 0.575. The van der Waals surface area contributed by atoms with E-state index in [1.54, 1.807) is 0 Å². The van der Waals surface area contributed by atoms with E-state index in [0.29, 0.717) is 0 Å². The molecule has 0 radical (unpaired) electrons. The van der Waals surface area contributed by atoms with E-state index in [-0.39, 0.29) is 6.04 Å². The van der Waals surface area contributed by atoms with E-state index in [1.165, 1.54) is 11.1 Å². The summed E-state index contributed by atoms with van der Waals surface area (Å²) in [7, 11) is 0. The lowest BCUT2D eigenvalue weighted by atomic mass is 10.0. The normalized spacial score (nSPS) is 12.1. The van der Waals surface area contributed by atoms with Crippen LogP contribution >= 0.6 is 23.2 Å². The second-order valence-corrected chi connectivity index (χ2v) is 6.68. The van der Waals surface area contributed by atoms with Gasteiger partial charge in [0.1, 0.15) is 0 Å². The first-order chi connectivity index (χ1) is 11.6. The second kappa shape index (κ2) is 7.85.